The minimum absolute atomic E-state index is 0.0290. The Morgan fingerprint density at radius 3 is 2.52 bits per heavy atom. The molecule has 2 saturated heterocycles. The summed E-state index contributed by atoms with van der Waals surface area (Å²) in [4.78, 5) is 12.2. The summed E-state index contributed by atoms with van der Waals surface area (Å²) in [6.07, 6.45) is 3.62. The molecule has 2 heterocycles. The van der Waals surface area contributed by atoms with E-state index in [1.54, 1.807) is 0 Å². The molecular weight excluding hydrogens is 282 g/mol. The van der Waals surface area contributed by atoms with Gasteiger partial charge in [0.05, 0.1) is 5.41 Å². The summed E-state index contributed by atoms with van der Waals surface area (Å²) in [6, 6.07) is 0. The SMILES string of the molecule is CC(C)(C)[Si](C)(C)OCCC1CC2(CCNCC2)C(=O)O1. The number of cyclic esters (lactones) is 1. The normalized spacial score (nSPS) is 26.1. The molecule has 2 aliphatic rings. The summed E-state index contributed by atoms with van der Waals surface area (Å²) in [5.74, 6) is 0.0290. The number of piperidine rings is 1. The molecule has 5 heteroatoms. The minimum atomic E-state index is -1.69. The molecule has 0 radical (unpaired) electrons. The number of esters is 1. The van der Waals surface area contributed by atoms with Gasteiger partial charge in [0.1, 0.15) is 6.10 Å². The highest BCUT2D eigenvalue weighted by Gasteiger charge is 2.49. The predicted octanol–water partition coefficient (Wildman–Crippen LogP) is 3.08. The molecule has 0 amide bonds. The van der Waals surface area contributed by atoms with Crippen LogP contribution in [0, 0.1) is 5.41 Å². The van der Waals surface area contributed by atoms with Crippen LogP contribution in [-0.2, 0) is 14.0 Å². The third-order valence-corrected chi connectivity index (χ3v) is 10.1. The lowest BCUT2D eigenvalue weighted by Gasteiger charge is -2.36. The zero-order valence-electron chi connectivity index (χ0n) is 14.3. The fraction of sp³-hybridized carbons (Fsp3) is 0.938. The van der Waals surface area contributed by atoms with Crippen molar-refractivity contribution in [3.8, 4) is 0 Å². The van der Waals surface area contributed by atoms with Crippen LogP contribution in [0.15, 0.2) is 0 Å². The lowest BCUT2D eigenvalue weighted by molar-refractivity contribution is -0.150. The molecule has 2 rings (SSSR count). The first kappa shape index (κ1) is 17.0. The van der Waals surface area contributed by atoms with Gasteiger partial charge in [0.15, 0.2) is 8.32 Å². The van der Waals surface area contributed by atoms with Gasteiger partial charge in [-0.2, -0.15) is 0 Å². The molecular formula is C16H31NO3Si. The smallest absolute Gasteiger partial charge is 0.312 e. The molecule has 0 saturated carbocycles. The molecule has 1 unspecified atom stereocenters. The molecule has 1 N–H and O–H groups in total. The van der Waals surface area contributed by atoms with Crippen molar-refractivity contribution < 1.29 is 14.0 Å². The molecule has 4 nitrogen and oxygen atoms in total. The van der Waals surface area contributed by atoms with Gasteiger partial charge in [0.25, 0.3) is 0 Å². The highest BCUT2D eigenvalue weighted by Crippen LogP contribution is 2.43. The maximum absolute atomic E-state index is 12.2. The Morgan fingerprint density at radius 1 is 1.33 bits per heavy atom. The second kappa shape index (κ2) is 6.01. The largest absolute Gasteiger partial charge is 0.462 e. The minimum Gasteiger partial charge on any atom is -0.462 e. The second-order valence-electron chi connectivity index (χ2n) is 8.16. The van der Waals surface area contributed by atoms with Gasteiger partial charge in [0.2, 0.25) is 0 Å². The van der Waals surface area contributed by atoms with Crippen LogP contribution in [0.5, 0.6) is 0 Å². The lowest BCUT2D eigenvalue weighted by atomic mass is 9.76. The molecule has 0 aliphatic carbocycles. The van der Waals surface area contributed by atoms with Gasteiger partial charge in [-0.25, -0.2) is 0 Å². The van der Waals surface area contributed by atoms with Crippen molar-refractivity contribution in [1.82, 2.24) is 5.32 Å². The highest BCUT2D eigenvalue weighted by molar-refractivity contribution is 6.74. The Bertz CT molecular complexity index is 383. The van der Waals surface area contributed by atoms with Crippen LogP contribution in [0.3, 0.4) is 0 Å². The van der Waals surface area contributed by atoms with Crippen molar-refractivity contribution in [3.05, 3.63) is 0 Å². The van der Waals surface area contributed by atoms with Gasteiger partial charge in [-0.3, -0.25) is 4.79 Å². The fourth-order valence-corrected chi connectivity index (χ4v) is 4.03. The van der Waals surface area contributed by atoms with E-state index in [9.17, 15) is 4.79 Å². The molecule has 122 valence electrons. The Hall–Kier alpha value is -0.393. The highest BCUT2D eigenvalue weighted by atomic mass is 28.4. The van der Waals surface area contributed by atoms with Gasteiger partial charge >= 0.3 is 5.97 Å². The van der Waals surface area contributed by atoms with E-state index in [1.165, 1.54) is 0 Å². The maximum Gasteiger partial charge on any atom is 0.312 e. The maximum atomic E-state index is 12.2. The van der Waals surface area contributed by atoms with E-state index in [0.717, 1.165) is 38.8 Å². The molecule has 2 fully saturated rings. The van der Waals surface area contributed by atoms with Gasteiger partial charge in [-0.05, 0) is 44.1 Å². The van der Waals surface area contributed by atoms with Crippen molar-refractivity contribution in [2.24, 2.45) is 5.41 Å². The molecule has 1 atom stereocenters. The van der Waals surface area contributed by atoms with Crippen LogP contribution in [0.4, 0.5) is 0 Å². The summed E-state index contributed by atoms with van der Waals surface area (Å²) in [5.41, 5.74) is -0.201. The number of nitrogens with one attached hydrogen (secondary N) is 1. The van der Waals surface area contributed by atoms with E-state index in [2.05, 4.69) is 39.2 Å². The van der Waals surface area contributed by atoms with Crippen LogP contribution in [0.25, 0.3) is 0 Å². The average Bonchev–Trinajstić information content (AvgIpc) is 2.65. The van der Waals surface area contributed by atoms with Gasteiger partial charge in [-0.15, -0.1) is 0 Å². The van der Waals surface area contributed by atoms with Crippen LogP contribution >= 0.6 is 0 Å². The summed E-state index contributed by atoms with van der Waals surface area (Å²) in [6.45, 7) is 13.9. The van der Waals surface area contributed by atoms with E-state index in [4.69, 9.17) is 9.16 Å². The molecule has 0 aromatic carbocycles. The molecule has 2 aliphatic heterocycles. The number of hydrogen-bond donors (Lipinski definition) is 1. The number of hydrogen-bond acceptors (Lipinski definition) is 4. The zero-order valence-corrected chi connectivity index (χ0v) is 15.3. The Balaban J connectivity index is 1.82. The van der Waals surface area contributed by atoms with E-state index < -0.39 is 8.32 Å². The zero-order chi connectivity index (χ0) is 15.7. The first-order chi connectivity index (χ1) is 9.66. The summed E-state index contributed by atoms with van der Waals surface area (Å²) in [7, 11) is -1.69. The van der Waals surface area contributed by atoms with Gasteiger partial charge in [-0.1, -0.05) is 20.8 Å². The van der Waals surface area contributed by atoms with Gasteiger partial charge < -0.3 is 14.5 Å². The summed E-state index contributed by atoms with van der Waals surface area (Å²) >= 11 is 0. The number of ether oxygens (including phenoxy) is 1. The molecule has 1 spiro atoms. The predicted molar refractivity (Wildman–Crippen MR) is 86.8 cm³/mol. The van der Waals surface area contributed by atoms with Crippen molar-refractivity contribution in [3.63, 3.8) is 0 Å². The van der Waals surface area contributed by atoms with E-state index in [0.29, 0.717) is 6.61 Å². The van der Waals surface area contributed by atoms with Crippen LogP contribution in [-0.4, -0.2) is 40.1 Å². The second-order valence-corrected chi connectivity index (χ2v) is 13.0. The number of carbonyl (C=O) groups excluding carboxylic acids is 1. The standard InChI is InChI=1S/C16H31NO3Si/c1-15(2,3)21(4,5)19-11-6-13-12-16(14(18)20-13)7-9-17-10-8-16/h13,17H,6-12H2,1-5H3. The molecule has 21 heavy (non-hydrogen) atoms. The Labute approximate surface area is 130 Å². The van der Waals surface area contributed by atoms with Crippen molar-refractivity contribution in [2.45, 2.75) is 70.7 Å². The third-order valence-electron chi connectivity index (χ3n) is 5.59. The third kappa shape index (κ3) is 3.69. The summed E-state index contributed by atoms with van der Waals surface area (Å²) < 4.78 is 11.8. The topological polar surface area (TPSA) is 47.6 Å². The van der Waals surface area contributed by atoms with E-state index >= 15 is 0 Å². The Morgan fingerprint density at radius 2 is 1.95 bits per heavy atom. The monoisotopic (exact) mass is 313 g/mol. The lowest BCUT2D eigenvalue weighted by Crippen LogP contribution is -2.41. The molecule has 0 bridgehead atoms. The van der Waals surface area contributed by atoms with Crippen molar-refractivity contribution >= 4 is 14.3 Å². The fourth-order valence-electron chi connectivity index (χ4n) is 2.97. The first-order valence-electron chi connectivity index (χ1n) is 8.22. The Kier molecular flexibility index (Phi) is 4.86. The average molecular weight is 314 g/mol. The summed E-state index contributed by atoms with van der Waals surface area (Å²) in [5, 5.41) is 3.56. The van der Waals surface area contributed by atoms with Crippen LogP contribution < -0.4 is 5.32 Å². The van der Waals surface area contributed by atoms with Crippen molar-refractivity contribution in [1.29, 1.82) is 0 Å². The molecule has 0 aromatic rings. The number of rotatable bonds is 4. The van der Waals surface area contributed by atoms with E-state index in [-0.39, 0.29) is 22.5 Å². The number of carbonyl (C=O) groups is 1. The van der Waals surface area contributed by atoms with Crippen LogP contribution in [0.1, 0.15) is 46.5 Å². The van der Waals surface area contributed by atoms with Crippen LogP contribution in [0.2, 0.25) is 18.1 Å². The van der Waals surface area contributed by atoms with Gasteiger partial charge in [0, 0.05) is 19.4 Å². The first-order valence-corrected chi connectivity index (χ1v) is 11.1. The quantitative estimate of drug-likeness (QED) is 0.640. The van der Waals surface area contributed by atoms with Crippen molar-refractivity contribution in [2.75, 3.05) is 19.7 Å². The van der Waals surface area contributed by atoms with E-state index in [1.807, 2.05) is 0 Å². The molecule has 0 aromatic heterocycles.